The molecule has 3 heteroatoms. The summed E-state index contributed by atoms with van der Waals surface area (Å²) in [5.41, 5.74) is -0.333. The van der Waals surface area contributed by atoms with Crippen LogP contribution in [-0.2, 0) is 9.53 Å². The molecule has 2 nitrogen and oxygen atoms in total. The molecule has 0 fully saturated rings. The van der Waals surface area contributed by atoms with E-state index in [1.807, 2.05) is 6.92 Å². The van der Waals surface area contributed by atoms with Crippen LogP contribution in [0.4, 0.5) is 0 Å². The first kappa shape index (κ1) is 16.7. The van der Waals surface area contributed by atoms with Crippen LogP contribution in [0, 0.1) is 10.8 Å². The SMILES string of the molecule is BCC(C)(C)OCCC(C)(C)C(C)(C=O)CC. The average Bonchev–Trinajstić information content (AvgIpc) is 2.27. The summed E-state index contributed by atoms with van der Waals surface area (Å²) in [5, 5.41) is 0. The van der Waals surface area contributed by atoms with Crippen molar-refractivity contribution in [3.8, 4) is 0 Å². The maximum Gasteiger partial charge on any atom is 0.126 e. The number of carbonyl (C=O) groups excluding carboxylic acids is 1. The highest BCUT2D eigenvalue weighted by Gasteiger charge is 2.39. The van der Waals surface area contributed by atoms with Gasteiger partial charge in [-0.15, -0.1) is 0 Å². The Morgan fingerprint density at radius 3 is 2.06 bits per heavy atom. The summed E-state index contributed by atoms with van der Waals surface area (Å²) in [6.45, 7) is 13.4. The van der Waals surface area contributed by atoms with E-state index in [2.05, 4.69) is 42.5 Å². The van der Waals surface area contributed by atoms with Crippen LogP contribution in [0.15, 0.2) is 0 Å². The van der Waals surface area contributed by atoms with Crippen molar-refractivity contribution in [1.29, 1.82) is 0 Å². The lowest BCUT2D eigenvalue weighted by Crippen LogP contribution is -2.38. The zero-order valence-electron chi connectivity index (χ0n) is 12.7. The molecule has 0 radical (unpaired) electrons. The molecule has 100 valence electrons. The highest BCUT2D eigenvalue weighted by Crippen LogP contribution is 2.42. The Hall–Kier alpha value is -0.305. The molecule has 0 aliphatic heterocycles. The molecule has 0 rings (SSSR count). The van der Waals surface area contributed by atoms with Crippen LogP contribution in [0.5, 0.6) is 0 Å². The summed E-state index contributed by atoms with van der Waals surface area (Å²) in [4.78, 5) is 11.3. The van der Waals surface area contributed by atoms with Crippen LogP contribution in [0.25, 0.3) is 0 Å². The van der Waals surface area contributed by atoms with Crippen LogP contribution in [-0.4, -0.2) is 26.3 Å². The second-order valence-electron chi connectivity index (χ2n) is 6.48. The van der Waals surface area contributed by atoms with E-state index in [0.717, 1.165) is 32.1 Å². The van der Waals surface area contributed by atoms with Gasteiger partial charge in [0.25, 0.3) is 0 Å². The fraction of sp³-hybridized carbons (Fsp3) is 0.929. The molecule has 0 heterocycles. The lowest BCUT2D eigenvalue weighted by Gasteiger charge is -2.40. The van der Waals surface area contributed by atoms with Crippen molar-refractivity contribution in [2.75, 3.05) is 6.61 Å². The highest BCUT2D eigenvalue weighted by atomic mass is 16.5. The molecule has 0 amide bonds. The third-order valence-electron chi connectivity index (χ3n) is 4.61. The predicted octanol–water partition coefficient (Wildman–Crippen LogP) is 2.86. The Balaban J connectivity index is 4.42. The molecule has 17 heavy (non-hydrogen) atoms. The summed E-state index contributed by atoms with van der Waals surface area (Å²) in [7, 11) is 2.13. The summed E-state index contributed by atoms with van der Waals surface area (Å²) >= 11 is 0. The summed E-state index contributed by atoms with van der Waals surface area (Å²) in [6, 6.07) is 0. The van der Waals surface area contributed by atoms with E-state index < -0.39 is 0 Å². The van der Waals surface area contributed by atoms with Gasteiger partial charge in [-0.3, -0.25) is 0 Å². The van der Waals surface area contributed by atoms with Gasteiger partial charge in [-0.2, -0.15) is 0 Å². The minimum Gasteiger partial charge on any atom is -0.376 e. The molecule has 0 aromatic rings. The van der Waals surface area contributed by atoms with E-state index >= 15 is 0 Å². The fourth-order valence-electron chi connectivity index (χ4n) is 1.69. The van der Waals surface area contributed by atoms with E-state index in [-0.39, 0.29) is 16.4 Å². The number of hydrogen-bond acceptors (Lipinski definition) is 2. The third-order valence-corrected chi connectivity index (χ3v) is 4.61. The zero-order valence-corrected chi connectivity index (χ0v) is 12.7. The number of carbonyl (C=O) groups is 1. The topological polar surface area (TPSA) is 26.3 Å². The fourth-order valence-corrected chi connectivity index (χ4v) is 1.69. The summed E-state index contributed by atoms with van der Waals surface area (Å²) in [5.74, 6) is 0. The molecular weight excluding hydrogens is 211 g/mol. The van der Waals surface area contributed by atoms with Gasteiger partial charge in [-0.05, 0) is 32.1 Å². The summed E-state index contributed by atoms with van der Waals surface area (Å²) < 4.78 is 5.88. The molecular formula is C14H29BO2. The minimum atomic E-state index is -0.257. The number of aldehydes is 1. The zero-order chi connectivity index (χ0) is 13.7. The maximum atomic E-state index is 11.3. The highest BCUT2D eigenvalue weighted by molar-refractivity contribution is 6.09. The van der Waals surface area contributed by atoms with E-state index in [9.17, 15) is 4.79 Å². The molecule has 1 atom stereocenters. The standard InChI is InChI=1S/C14H29BO2/c1-7-14(6,11-16)12(2,3)8-9-17-13(4,5)10-15/h11H,7-10,15H2,1-6H3. The Labute approximate surface area is 108 Å². The van der Waals surface area contributed by atoms with Crippen molar-refractivity contribution in [2.45, 2.75) is 66.3 Å². The van der Waals surface area contributed by atoms with E-state index in [1.165, 1.54) is 0 Å². The minimum absolute atomic E-state index is 0.0205. The molecule has 0 N–H and O–H groups in total. The summed E-state index contributed by atoms with van der Waals surface area (Å²) in [6.07, 6.45) is 3.91. The van der Waals surface area contributed by atoms with Gasteiger partial charge in [-0.25, -0.2) is 0 Å². The largest absolute Gasteiger partial charge is 0.376 e. The van der Waals surface area contributed by atoms with E-state index in [1.54, 1.807) is 0 Å². The molecule has 0 spiro atoms. The average molecular weight is 240 g/mol. The van der Waals surface area contributed by atoms with Crippen LogP contribution in [0.1, 0.15) is 54.4 Å². The Morgan fingerprint density at radius 1 is 1.18 bits per heavy atom. The first-order valence-corrected chi connectivity index (χ1v) is 6.74. The van der Waals surface area contributed by atoms with Crippen LogP contribution in [0.2, 0.25) is 6.32 Å². The molecule has 0 aliphatic rings. The van der Waals surface area contributed by atoms with Gasteiger partial charge in [0, 0.05) is 12.0 Å². The molecule has 0 aromatic carbocycles. The second-order valence-corrected chi connectivity index (χ2v) is 6.48. The Morgan fingerprint density at radius 2 is 1.71 bits per heavy atom. The predicted molar refractivity (Wildman–Crippen MR) is 76.2 cm³/mol. The molecule has 1 unspecified atom stereocenters. The molecule has 0 aromatic heterocycles. The van der Waals surface area contributed by atoms with Crippen molar-refractivity contribution in [1.82, 2.24) is 0 Å². The number of hydrogen-bond donors (Lipinski definition) is 0. The normalized spacial score (nSPS) is 16.6. The van der Waals surface area contributed by atoms with Gasteiger partial charge >= 0.3 is 0 Å². The molecule has 0 aliphatic carbocycles. The first-order chi connectivity index (χ1) is 7.64. The molecule has 0 saturated carbocycles. The van der Waals surface area contributed by atoms with Crippen LogP contribution >= 0.6 is 0 Å². The van der Waals surface area contributed by atoms with Crippen LogP contribution < -0.4 is 0 Å². The van der Waals surface area contributed by atoms with E-state index in [4.69, 9.17) is 4.74 Å². The number of rotatable bonds is 8. The number of ether oxygens (including phenoxy) is 1. The smallest absolute Gasteiger partial charge is 0.126 e. The van der Waals surface area contributed by atoms with Crippen molar-refractivity contribution in [3.05, 3.63) is 0 Å². The van der Waals surface area contributed by atoms with Crippen molar-refractivity contribution in [3.63, 3.8) is 0 Å². The Kier molecular flexibility index (Phi) is 5.93. The van der Waals surface area contributed by atoms with Crippen molar-refractivity contribution in [2.24, 2.45) is 10.8 Å². The molecule has 0 bridgehead atoms. The van der Waals surface area contributed by atoms with Crippen molar-refractivity contribution < 1.29 is 9.53 Å². The van der Waals surface area contributed by atoms with Crippen molar-refractivity contribution >= 4 is 14.1 Å². The van der Waals surface area contributed by atoms with Gasteiger partial charge in [0.15, 0.2) is 0 Å². The Bertz CT molecular complexity index is 249. The lowest BCUT2D eigenvalue weighted by atomic mass is 9.64. The third kappa shape index (κ3) is 4.46. The molecule has 0 saturated heterocycles. The van der Waals surface area contributed by atoms with Crippen LogP contribution in [0.3, 0.4) is 0 Å². The quantitative estimate of drug-likeness (QED) is 0.481. The van der Waals surface area contributed by atoms with Gasteiger partial charge in [-0.1, -0.05) is 34.0 Å². The van der Waals surface area contributed by atoms with E-state index in [0.29, 0.717) is 0 Å². The van der Waals surface area contributed by atoms with Gasteiger partial charge in [0.05, 0.1) is 5.60 Å². The second kappa shape index (κ2) is 6.04. The maximum absolute atomic E-state index is 11.3. The van der Waals surface area contributed by atoms with Gasteiger partial charge in [0.2, 0.25) is 0 Å². The lowest BCUT2D eigenvalue weighted by molar-refractivity contribution is -0.123. The monoisotopic (exact) mass is 240 g/mol. The van der Waals surface area contributed by atoms with Gasteiger partial charge in [0.1, 0.15) is 14.1 Å². The first-order valence-electron chi connectivity index (χ1n) is 6.74. The van der Waals surface area contributed by atoms with Gasteiger partial charge < -0.3 is 9.53 Å².